The molecule has 0 fully saturated rings. The summed E-state index contributed by atoms with van der Waals surface area (Å²) in [6.45, 7) is 1.62. The first-order valence-electron chi connectivity index (χ1n) is 5.33. The van der Waals surface area contributed by atoms with E-state index in [4.69, 9.17) is 5.21 Å². The third-order valence-electron chi connectivity index (χ3n) is 2.42. The van der Waals surface area contributed by atoms with Gasteiger partial charge in [-0.15, -0.1) is 0 Å². The van der Waals surface area contributed by atoms with E-state index in [1.807, 2.05) is 5.48 Å². The van der Waals surface area contributed by atoms with E-state index < -0.39 is 0 Å². The van der Waals surface area contributed by atoms with Crippen LogP contribution in [0.3, 0.4) is 0 Å². The van der Waals surface area contributed by atoms with Crippen molar-refractivity contribution in [3.05, 3.63) is 41.0 Å². The fourth-order valence-electron chi connectivity index (χ4n) is 1.45. The van der Waals surface area contributed by atoms with Gasteiger partial charge in [0.15, 0.2) is 11.5 Å². The third kappa shape index (κ3) is 2.91. The highest BCUT2D eigenvalue weighted by Crippen LogP contribution is 2.18. The van der Waals surface area contributed by atoms with E-state index in [9.17, 15) is 4.39 Å². The van der Waals surface area contributed by atoms with Gasteiger partial charge in [0.05, 0.1) is 5.69 Å². The van der Waals surface area contributed by atoms with E-state index in [1.54, 1.807) is 13.0 Å². The lowest BCUT2D eigenvalue weighted by atomic mass is 10.2. The largest absolute Gasteiger partial charge is 0.290 e. The van der Waals surface area contributed by atoms with Gasteiger partial charge in [-0.3, -0.25) is 10.7 Å². The molecule has 0 aliphatic carbocycles. The van der Waals surface area contributed by atoms with Crippen molar-refractivity contribution in [2.24, 2.45) is 4.99 Å². The molecular formula is C11H11FN4O2S. The monoisotopic (exact) mass is 282 g/mol. The molecule has 2 aromatic rings. The van der Waals surface area contributed by atoms with Crippen molar-refractivity contribution in [2.45, 2.75) is 12.7 Å². The Bertz CT molecular complexity index is 614. The summed E-state index contributed by atoms with van der Waals surface area (Å²) in [4.78, 5) is 4.12. The first kappa shape index (κ1) is 13.5. The Balaban J connectivity index is 2.41. The van der Waals surface area contributed by atoms with E-state index in [1.165, 1.54) is 12.1 Å². The van der Waals surface area contributed by atoms with Crippen molar-refractivity contribution in [3.63, 3.8) is 0 Å². The number of hydrogen-bond acceptors (Lipinski definition) is 6. The highest BCUT2D eigenvalue weighted by molar-refractivity contribution is 7.79. The van der Waals surface area contributed by atoms with Crippen LogP contribution >= 0.6 is 12.6 Å². The molecule has 0 aliphatic rings. The number of hydroxylamine groups is 1. The molecule has 0 radical (unpaired) electrons. The summed E-state index contributed by atoms with van der Waals surface area (Å²) in [7, 11) is 0. The number of rotatable bonds is 3. The number of halogens is 1. The number of aliphatic imine (C=N–C) groups is 1. The van der Waals surface area contributed by atoms with E-state index in [2.05, 4.69) is 32.6 Å². The normalized spacial score (nSPS) is 11.7. The Hall–Kier alpha value is -1.93. The van der Waals surface area contributed by atoms with Crippen LogP contribution in [0.2, 0.25) is 0 Å². The van der Waals surface area contributed by atoms with Crippen LogP contribution in [0.15, 0.2) is 27.8 Å². The molecule has 2 rings (SSSR count). The molecule has 1 heterocycles. The molecule has 100 valence electrons. The zero-order valence-corrected chi connectivity index (χ0v) is 10.9. The van der Waals surface area contributed by atoms with Gasteiger partial charge < -0.3 is 0 Å². The Kier molecular flexibility index (Phi) is 4.13. The number of aryl methyl sites for hydroxylation is 1. The van der Waals surface area contributed by atoms with Gasteiger partial charge in [0.1, 0.15) is 11.5 Å². The minimum atomic E-state index is -0.323. The van der Waals surface area contributed by atoms with E-state index in [0.29, 0.717) is 16.9 Å². The Morgan fingerprint density at radius 1 is 1.53 bits per heavy atom. The Labute approximate surface area is 113 Å². The van der Waals surface area contributed by atoms with Crippen molar-refractivity contribution in [1.82, 2.24) is 15.8 Å². The summed E-state index contributed by atoms with van der Waals surface area (Å²) in [5.41, 5.74) is 3.52. The molecule has 1 aromatic heterocycles. The Morgan fingerprint density at radius 3 is 2.95 bits per heavy atom. The SMILES string of the molecule is Cc1cc(N=C(NO)c2nonc2CS)ccc1F. The zero-order valence-electron chi connectivity index (χ0n) is 9.96. The summed E-state index contributed by atoms with van der Waals surface area (Å²) < 4.78 is 17.7. The van der Waals surface area contributed by atoms with Gasteiger partial charge >= 0.3 is 0 Å². The molecule has 0 aliphatic heterocycles. The molecule has 6 nitrogen and oxygen atoms in total. The smallest absolute Gasteiger partial charge is 0.182 e. The number of aromatic nitrogens is 2. The number of nitrogens with zero attached hydrogens (tertiary/aromatic N) is 3. The van der Waals surface area contributed by atoms with Crippen LogP contribution in [0.1, 0.15) is 17.0 Å². The fourth-order valence-corrected chi connectivity index (χ4v) is 1.66. The van der Waals surface area contributed by atoms with Gasteiger partial charge in [-0.05, 0) is 35.8 Å². The number of benzene rings is 1. The summed E-state index contributed by atoms with van der Waals surface area (Å²) >= 11 is 4.06. The summed E-state index contributed by atoms with van der Waals surface area (Å²) in [6, 6.07) is 4.32. The number of thiol groups is 1. The van der Waals surface area contributed by atoms with Crippen LogP contribution in [0.25, 0.3) is 0 Å². The van der Waals surface area contributed by atoms with Crippen LogP contribution in [0, 0.1) is 12.7 Å². The van der Waals surface area contributed by atoms with Crippen LogP contribution in [0.5, 0.6) is 0 Å². The average Bonchev–Trinajstić information content (AvgIpc) is 2.88. The van der Waals surface area contributed by atoms with Crippen molar-refractivity contribution in [1.29, 1.82) is 0 Å². The minimum Gasteiger partial charge on any atom is -0.290 e. The van der Waals surface area contributed by atoms with Crippen LogP contribution in [-0.4, -0.2) is 21.4 Å². The molecule has 19 heavy (non-hydrogen) atoms. The highest BCUT2D eigenvalue weighted by atomic mass is 32.1. The van der Waals surface area contributed by atoms with Crippen LogP contribution in [-0.2, 0) is 5.75 Å². The zero-order chi connectivity index (χ0) is 13.8. The van der Waals surface area contributed by atoms with E-state index >= 15 is 0 Å². The van der Waals surface area contributed by atoms with Gasteiger partial charge in [-0.2, -0.15) is 12.6 Å². The second-order valence-corrected chi connectivity index (χ2v) is 4.04. The second-order valence-electron chi connectivity index (χ2n) is 3.72. The lowest BCUT2D eigenvalue weighted by Crippen LogP contribution is -2.21. The maximum absolute atomic E-state index is 13.1. The molecular weight excluding hydrogens is 271 g/mol. The maximum atomic E-state index is 13.1. The van der Waals surface area contributed by atoms with Crippen molar-refractivity contribution < 1.29 is 14.2 Å². The van der Waals surface area contributed by atoms with Crippen LogP contribution in [0.4, 0.5) is 10.1 Å². The fraction of sp³-hybridized carbons (Fsp3) is 0.182. The second kappa shape index (κ2) is 5.81. The minimum absolute atomic E-state index is 0.0521. The molecule has 0 atom stereocenters. The van der Waals surface area contributed by atoms with Gasteiger partial charge in [0.2, 0.25) is 0 Å². The molecule has 0 saturated carbocycles. The first-order valence-corrected chi connectivity index (χ1v) is 5.96. The lowest BCUT2D eigenvalue weighted by molar-refractivity contribution is 0.234. The topological polar surface area (TPSA) is 83.5 Å². The Morgan fingerprint density at radius 2 is 2.32 bits per heavy atom. The standard InChI is InChI=1S/C11H11FN4O2S/c1-6-4-7(2-3-8(6)12)13-11(14-17)10-9(5-19)15-18-16-10/h2-4,17,19H,5H2,1H3,(H,13,14). The number of nitrogens with one attached hydrogen (secondary N) is 1. The summed E-state index contributed by atoms with van der Waals surface area (Å²) in [5.74, 6) is 0.00929. The summed E-state index contributed by atoms with van der Waals surface area (Å²) in [6.07, 6.45) is 0. The van der Waals surface area contributed by atoms with Crippen molar-refractivity contribution in [2.75, 3.05) is 0 Å². The van der Waals surface area contributed by atoms with Gasteiger partial charge in [0, 0.05) is 5.75 Å². The van der Waals surface area contributed by atoms with E-state index in [0.717, 1.165) is 0 Å². The van der Waals surface area contributed by atoms with Crippen molar-refractivity contribution in [3.8, 4) is 0 Å². The van der Waals surface area contributed by atoms with Crippen molar-refractivity contribution >= 4 is 24.2 Å². The molecule has 0 amide bonds. The lowest BCUT2D eigenvalue weighted by Gasteiger charge is -2.03. The highest BCUT2D eigenvalue weighted by Gasteiger charge is 2.15. The predicted molar refractivity (Wildman–Crippen MR) is 69.2 cm³/mol. The predicted octanol–water partition coefficient (Wildman–Crippen LogP) is 2.00. The first-order chi connectivity index (χ1) is 9.15. The molecule has 8 heteroatoms. The quantitative estimate of drug-likeness (QED) is 0.347. The molecule has 0 saturated heterocycles. The number of amidine groups is 1. The molecule has 0 unspecified atom stereocenters. The average molecular weight is 282 g/mol. The molecule has 2 N–H and O–H groups in total. The summed E-state index contributed by atoms with van der Waals surface area (Å²) in [5, 5.41) is 16.4. The molecule has 0 spiro atoms. The molecule has 1 aromatic carbocycles. The van der Waals surface area contributed by atoms with E-state index in [-0.39, 0.29) is 23.1 Å². The maximum Gasteiger partial charge on any atom is 0.182 e. The third-order valence-corrected chi connectivity index (χ3v) is 2.72. The number of hydrogen-bond donors (Lipinski definition) is 3. The van der Waals surface area contributed by atoms with Gasteiger partial charge in [0.25, 0.3) is 0 Å². The molecule has 0 bridgehead atoms. The van der Waals surface area contributed by atoms with Crippen LogP contribution < -0.4 is 5.48 Å². The van der Waals surface area contributed by atoms with Gasteiger partial charge in [-0.1, -0.05) is 5.16 Å². The van der Waals surface area contributed by atoms with Gasteiger partial charge in [-0.25, -0.2) is 14.0 Å².